The van der Waals surface area contributed by atoms with Crippen LogP contribution in [0.15, 0.2) is 30.3 Å². The maximum Gasteiger partial charge on any atom is 0.219 e. The Balaban J connectivity index is 2.90. The monoisotopic (exact) mass is 160 g/mol. The van der Waals surface area contributed by atoms with Gasteiger partial charge in [-0.2, -0.15) is 0 Å². The molecule has 0 aliphatic rings. The molecule has 60 valence electrons. The number of benzene rings is 1. The summed E-state index contributed by atoms with van der Waals surface area (Å²) in [7, 11) is 0. The number of carbonyl (C=O) groups excluding carboxylic acids is 1. The Morgan fingerprint density at radius 2 is 2.08 bits per heavy atom. The van der Waals surface area contributed by atoms with Crippen LogP contribution in [0, 0.1) is 0 Å². The average molecular weight is 160 g/mol. The van der Waals surface area contributed by atoms with Gasteiger partial charge in [0.05, 0.1) is 5.52 Å². The highest BCUT2D eigenvalue weighted by atomic mass is 16.1. The molecule has 2 N–H and O–H groups in total. The van der Waals surface area contributed by atoms with Gasteiger partial charge in [-0.15, -0.1) is 0 Å². The van der Waals surface area contributed by atoms with Gasteiger partial charge in [0, 0.05) is 5.39 Å². The van der Waals surface area contributed by atoms with Gasteiger partial charge in [0.2, 0.25) is 6.41 Å². The van der Waals surface area contributed by atoms with Gasteiger partial charge in [-0.1, -0.05) is 18.2 Å². The first kappa shape index (κ1) is 6.91. The third-order valence-corrected chi connectivity index (χ3v) is 1.88. The smallest absolute Gasteiger partial charge is 0.219 e. The van der Waals surface area contributed by atoms with Crippen molar-refractivity contribution in [2.75, 3.05) is 5.73 Å². The molecular formula is C9H8N2O. The molecule has 1 aromatic heterocycles. The average Bonchev–Trinajstić information content (AvgIpc) is 2.40. The summed E-state index contributed by atoms with van der Waals surface area (Å²) in [5.74, 6) is 0.478. The van der Waals surface area contributed by atoms with Crippen molar-refractivity contribution in [3.05, 3.63) is 30.3 Å². The van der Waals surface area contributed by atoms with Gasteiger partial charge in [0.15, 0.2) is 0 Å². The minimum absolute atomic E-state index is 0.478. The molecular weight excluding hydrogens is 152 g/mol. The molecule has 12 heavy (non-hydrogen) atoms. The number of rotatable bonds is 1. The maximum atomic E-state index is 10.6. The lowest BCUT2D eigenvalue weighted by Gasteiger charge is -1.94. The molecule has 0 amide bonds. The normalized spacial score (nSPS) is 10.3. The number of anilines is 1. The third-order valence-electron chi connectivity index (χ3n) is 1.88. The number of nitrogen functional groups attached to an aromatic ring is 1. The van der Waals surface area contributed by atoms with Crippen LogP contribution >= 0.6 is 0 Å². The second kappa shape index (κ2) is 2.37. The van der Waals surface area contributed by atoms with Crippen molar-refractivity contribution in [2.45, 2.75) is 0 Å². The molecule has 0 radical (unpaired) electrons. The quantitative estimate of drug-likeness (QED) is 0.638. The lowest BCUT2D eigenvalue weighted by Crippen LogP contribution is -1.99. The zero-order chi connectivity index (χ0) is 8.55. The first-order chi connectivity index (χ1) is 5.83. The highest BCUT2D eigenvalue weighted by Gasteiger charge is 2.02. The van der Waals surface area contributed by atoms with E-state index in [-0.39, 0.29) is 0 Å². The predicted molar refractivity (Wildman–Crippen MR) is 48.5 cm³/mol. The van der Waals surface area contributed by atoms with E-state index in [4.69, 9.17) is 5.73 Å². The van der Waals surface area contributed by atoms with E-state index in [1.165, 1.54) is 4.57 Å². The number of nitrogens with zero attached hydrogens (tertiary/aromatic N) is 1. The Hall–Kier alpha value is -1.77. The number of hydrogen-bond acceptors (Lipinski definition) is 2. The number of para-hydroxylation sites is 1. The van der Waals surface area contributed by atoms with Crippen molar-refractivity contribution in [2.24, 2.45) is 0 Å². The van der Waals surface area contributed by atoms with E-state index in [9.17, 15) is 4.79 Å². The van der Waals surface area contributed by atoms with Gasteiger partial charge < -0.3 is 5.73 Å². The highest BCUT2D eigenvalue weighted by molar-refractivity contribution is 5.90. The number of carbonyl (C=O) groups is 1. The fraction of sp³-hybridized carbons (Fsp3) is 0. The Morgan fingerprint density at radius 1 is 1.33 bits per heavy atom. The molecule has 3 nitrogen and oxygen atoms in total. The van der Waals surface area contributed by atoms with Crippen LogP contribution < -0.4 is 5.73 Å². The van der Waals surface area contributed by atoms with Crippen LogP contribution in [0.3, 0.4) is 0 Å². The minimum atomic E-state index is 0.478. The highest BCUT2D eigenvalue weighted by Crippen LogP contribution is 2.18. The van der Waals surface area contributed by atoms with Gasteiger partial charge in [-0.05, 0) is 12.1 Å². The van der Waals surface area contributed by atoms with Gasteiger partial charge in [0.25, 0.3) is 0 Å². The number of nitrogens with two attached hydrogens (primary N) is 1. The molecule has 0 spiro atoms. The topological polar surface area (TPSA) is 48.0 Å². The van der Waals surface area contributed by atoms with Crippen molar-refractivity contribution in [3.8, 4) is 0 Å². The summed E-state index contributed by atoms with van der Waals surface area (Å²) in [6, 6.07) is 9.36. The van der Waals surface area contributed by atoms with Gasteiger partial charge in [-0.3, -0.25) is 9.36 Å². The van der Waals surface area contributed by atoms with E-state index in [0.717, 1.165) is 17.3 Å². The molecule has 1 heterocycles. The maximum absolute atomic E-state index is 10.6. The lowest BCUT2D eigenvalue weighted by atomic mass is 10.2. The van der Waals surface area contributed by atoms with Gasteiger partial charge in [-0.25, -0.2) is 0 Å². The Kier molecular flexibility index (Phi) is 1.37. The summed E-state index contributed by atoms with van der Waals surface area (Å²) in [5, 5.41) is 0.988. The molecule has 0 aliphatic heterocycles. The van der Waals surface area contributed by atoms with Crippen LogP contribution in [-0.2, 0) is 4.79 Å². The molecule has 0 saturated carbocycles. The largest absolute Gasteiger partial charge is 0.385 e. The molecule has 0 fully saturated rings. The Morgan fingerprint density at radius 3 is 2.83 bits per heavy atom. The van der Waals surface area contributed by atoms with Crippen LogP contribution in [0.1, 0.15) is 0 Å². The van der Waals surface area contributed by atoms with E-state index in [0.29, 0.717) is 5.82 Å². The molecule has 0 atom stereocenters. The van der Waals surface area contributed by atoms with Gasteiger partial charge in [0.1, 0.15) is 5.82 Å². The van der Waals surface area contributed by atoms with Crippen molar-refractivity contribution >= 4 is 23.1 Å². The summed E-state index contributed by atoms with van der Waals surface area (Å²) < 4.78 is 1.43. The van der Waals surface area contributed by atoms with Crippen LogP contribution in [0.4, 0.5) is 5.82 Å². The molecule has 0 bridgehead atoms. The molecule has 2 aromatic rings. The van der Waals surface area contributed by atoms with Crippen molar-refractivity contribution in [1.29, 1.82) is 0 Å². The lowest BCUT2D eigenvalue weighted by molar-refractivity contribution is 0.549. The fourth-order valence-electron chi connectivity index (χ4n) is 1.31. The summed E-state index contributed by atoms with van der Waals surface area (Å²) >= 11 is 0. The standard InChI is InChI=1S/C9H8N2O/c10-9-5-7-3-1-2-4-8(7)11(9)6-12/h1-6H,10H2. The Labute approximate surface area is 69.4 Å². The number of fused-ring (bicyclic) bond motifs is 1. The first-order valence-corrected chi connectivity index (χ1v) is 3.63. The van der Waals surface area contributed by atoms with Crippen LogP contribution in [0.25, 0.3) is 10.9 Å². The number of hydrogen-bond donors (Lipinski definition) is 1. The van der Waals surface area contributed by atoms with Crippen LogP contribution in [-0.4, -0.2) is 11.0 Å². The van der Waals surface area contributed by atoms with Gasteiger partial charge >= 0.3 is 0 Å². The summed E-state index contributed by atoms with van der Waals surface area (Å²) in [6.45, 7) is 0. The van der Waals surface area contributed by atoms with E-state index in [1.54, 1.807) is 6.07 Å². The third kappa shape index (κ3) is 0.797. The summed E-state index contributed by atoms with van der Waals surface area (Å²) in [5.41, 5.74) is 6.45. The van der Waals surface area contributed by atoms with E-state index in [2.05, 4.69) is 0 Å². The summed E-state index contributed by atoms with van der Waals surface area (Å²) in [4.78, 5) is 10.6. The van der Waals surface area contributed by atoms with Crippen LogP contribution in [0.2, 0.25) is 0 Å². The zero-order valence-corrected chi connectivity index (χ0v) is 6.40. The molecule has 0 unspecified atom stereocenters. The Bertz CT molecular complexity index is 431. The first-order valence-electron chi connectivity index (χ1n) is 3.63. The molecule has 2 rings (SSSR count). The molecule has 0 aliphatic carbocycles. The molecule has 1 aromatic carbocycles. The van der Waals surface area contributed by atoms with Crippen molar-refractivity contribution < 1.29 is 4.79 Å². The summed E-state index contributed by atoms with van der Waals surface area (Å²) in [6.07, 6.45) is 0.720. The van der Waals surface area contributed by atoms with E-state index in [1.807, 2.05) is 24.3 Å². The fourth-order valence-corrected chi connectivity index (χ4v) is 1.31. The predicted octanol–water partition coefficient (Wildman–Crippen LogP) is 1.26. The zero-order valence-electron chi connectivity index (χ0n) is 6.40. The molecule has 0 saturated heterocycles. The van der Waals surface area contributed by atoms with Crippen molar-refractivity contribution in [3.63, 3.8) is 0 Å². The molecule has 3 heteroatoms. The SMILES string of the molecule is Nc1cc2ccccc2n1C=O. The van der Waals surface area contributed by atoms with Crippen LogP contribution in [0.5, 0.6) is 0 Å². The second-order valence-electron chi connectivity index (χ2n) is 2.60. The number of aromatic nitrogens is 1. The second-order valence-corrected chi connectivity index (χ2v) is 2.60. The minimum Gasteiger partial charge on any atom is -0.385 e. The van der Waals surface area contributed by atoms with Crippen molar-refractivity contribution in [1.82, 2.24) is 4.57 Å². The van der Waals surface area contributed by atoms with E-state index < -0.39 is 0 Å². The van der Waals surface area contributed by atoms with E-state index >= 15 is 0 Å².